The summed E-state index contributed by atoms with van der Waals surface area (Å²) in [4.78, 5) is 8.81. The van der Waals surface area contributed by atoms with Crippen LogP contribution in [0.15, 0.2) is 59.6 Å². The van der Waals surface area contributed by atoms with Crippen LogP contribution in [0, 0.1) is 6.92 Å². The van der Waals surface area contributed by atoms with Crippen molar-refractivity contribution in [2.75, 3.05) is 5.32 Å². The van der Waals surface area contributed by atoms with E-state index in [0.717, 1.165) is 29.5 Å². The van der Waals surface area contributed by atoms with Gasteiger partial charge in [-0.3, -0.25) is 0 Å². The van der Waals surface area contributed by atoms with E-state index in [1.165, 1.54) is 12.1 Å². The molecule has 11 nitrogen and oxygen atoms in total. The highest BCUT2D eigenvalue weighted by molar-refractivity contribution is 7.89. The molecule has 1 aliphatic rings. The topological polar surface area (TPSA) is 191 Å². The van der Waals surface area contributed by atoms with E-state index in [1.54, 1.807) is 18.3 Å². The normalized spacial score (nSPS) is 13.8. The van der Waals surface area contributed by atoms with Gasteiger partial charge in [0.1, 0.15) is 0 Å². The van der Waals surface area contributed by atoms with Gasteiger partial charge in [0.05, 0.1) is 10.6 Å². The number of hydrogen-bond donors (Lipinski definition) is 5. The highest BCUT2D eigenvalue weighted by Gasteiger charge is 2.26. The van der Waals surface area contributed by atoms with E-state index in [2.05, 4.69) is 24.7 Å². The van der Waals surface area contributed by atoms with Gasteiger partial charge < -0.3 is 11.5 Å². The lowest BCUT2D eigenvalue weighted by molar-refractivity contribution is 0.565. The summed E-state index contributed by atoms with van der Waals surface area (Å²) in [7, 11) is -7.33. The van der Waals surface area contributed by atoms with Crippen molar-refractivity contribution in [2.45, 2.75) is 37.2 Å². The number of primary sulfonamides is 1. The molecule has 1 fully saturated rings. The van der Waals surface area contributed by atoms with Crippen LogP contribution in [0.4, 0.5) is 11.6 Å². The van der Waals surface area contributed by atoms with Gasteiger partial charge in [-0.1, -0.05) is 30.3 Å². The number of nitrogens with zero attached hydrogens (tertiary/aromatic N) is 2. The molecule has 0 atom stereocenters. The zero-order chi connectivity index (χ0) is 23.6. The number of aryl methyl sites for hydroxylation is 1. The maximum absolute atomic E-state index is 12.0. The van der Waals surface area contributed by atoms with E-state index in [0.29, 0.717) is 17.3 Å². The average Bonchev–Trinajstić information content (AvgIpc) is 3.57. The fourth-order valence-electron chi connectivity index (χ4n) is 3.10. The molecule has 0 amide bonds. The van der Waals surface area contributed by atoms with Gasteiger partial charge in [-0.15, -0.1) is 0 Å². The summed E-state index contributed by atoms with van der Waals surface area (Å²) in [5, 5.41) is 8.19. The van der Waals surface area contributed by atoms with E-state index in [9.17, 15) is 16.8 Å². The molecule has 1 aromatic heterocycles. The molecule has 8 N–H and O–H groups in total. The third-order valence-corrected chi connectivity index (χ3v) is 7.06. The van der Waals surface area contributed by atoms with Crippen molar-refractivity contribution < 1.29 is 16.8 Å². The monoisotopic (exact) mass is 505 g/mol. The SMILES string of the molecule is Cc1cnc(Nc2cccc(S(N)(=O)=O)c2)nc1-c1ccc(CNS(=O)(=O)NC2CC2)cc1.N. The van der Waals surface area contributed by atoms with E-state index in [-0.39, 0.29) is 23.6 Å². The molecule has 0 radical (unpaired) electrons. The number of nitrogens with two attached hydrogens (primary N) is 1. The molecule has 0 unspecified atom stereocenters. The number of sulfonamides is 1. The predicted molar refractivity (Wildman–Crippen MR) is 130 cm³/mol. The molecule has 0 aliphatic heterocycles. The van der Waals surface area contributed by atoms with Crippen LogP contribution in [0.1, 0.15) is 24.0 Å². The Bertz CT molecular complexity index is 1370. The second-order valence-electron chi connectivity index (χ2n) is 7.84. The second-order valence-corrected chi connectivity index (χ2v) is 10.9. The van der Waals surface area contributed by atoms with Crippen LogP contribution in [0.25, 0.3) is 11.3 Å². The van der Waals surface area contributed by atoms with Gasteiger partial charge in [0.2, 0.25) is 16.0 Å². The number of aromatic nitrogens is 2. The second kappa shape index (κ2) is 10.1. The lowest BCUT2D eigenvalue weighted by Crippen LogP contribution is -2.37. The smallest absolute Gasteiger partial charge is 0.277 e. The van der Waals surface area contributed by atoms with Gasteiger partial charge in [-0.2, -0.15) is 17.9 Å². The minimum atomic E-state index is -3.82. The molecule has 13 heteroatoms. The standard InChI is InChI=1S/C21H24N6O4S2.H3N/c1-14-12-23-21(25-18-3-2-4-19(11-18)32(22,28)29)26-20(14)16-7-5-15(6-8-16)13-24-33(30,31)27-17-9-10-17;/h2-8,11-12,17,24,27H,9-10,13H2,1H3,(H2,22,28,29)(H,23,25,26);1H3. The van der Waals surface area contributed by atoms with Crippen molar-refractivity contribution in [3.63, 3.8) is 0 Å². The summed E-state index contributed by atoms with van der Waals surface area (Å²) in [6, 6.07) is 13.5. The molecule has 34 heavy (non-hydrogen) atoms. The molecule has 0 saturated heterocycles. The summed E-state index contributed by atoms with van der Waals surface area (Å²) in [5.41, 5.74) is 3.67. The van der Waals surface area contributed by atoms with Gasteiger partial charge in [0.25, 0.3) is 10.2 Å². The Kier molecular flexibility index (Phi) is 7.65. The first-order valence-corrected chi connectivity index (χ1v) is 13.2. The maximum Gasteiger partial charge on any atom is 0.277 e. The molecule has 2 aromatic carbocycles. The molecule has 0 spiro atoms. The molecule has 3 aromatic rings. The molecule has 1 saturated carbocycles. The Hall–Kier alpha value is -2.94. The molecular formula is C21H27N7O4S2. The minimum Gasteiger partial charge on any atom is -0.344 e. The first kappa shape index (κ1) is 25.7. The highest BCUT2D eigenvalue weighted by Crippen LogP contribution is 2.24. The van der Waals surface area contributed by atoms with E-state index in [1.807, 2.05) is 31.2 Å². The lowest BCUT2D eigenvalue weighted by Gasteiger charge is -2.11. The zero-order valence-electron chi connectivity index (χ0n) is 18.5. The summed E-state index contributed by atoms with van der Waals surface area (Å²) in [5.74, 6) is 0.296. The fourth-order valence-corrected chi connectivity index (χ4v) is 4.77. The van der Waals surface area contributed by atoms with Crippen LogP contribution in [0.5, 0.6) is 0 Å². The summed E-state index contributed by atoms with van der Waals surface area (Å²) < 4.78 is 52.2. The molecule has 0 bridgehead atoms. The molecule has 182 valence electrons. The van der Waals surface area contributed by atoms with Crippen LogP contribution in [0.3, 0.4) is 0 Å². The third-order valence-electron chi connectivity index (χ3n) is 4.98. The van der Waals surface area contributed by atoms with Crippen molar-refractivity contribution in [3.8, 4) is 11.3 Å². The van der Waals surface area contributed by atoms with Gasteiger partial charge >= 0.3 is 0 Å². The Morgan fingerprint density at radius 2 is 1.76 bits per heavy atom. The molecular weight excluding hydrogens is 478 g/mol. The number of anilines is 2. The highest BCUT2D eigenvalue weighted by atomic mass is 32.2. The number of nitrogens with one attached hydrogen (secondary N) is 3. The van der Waals surface area contributed by atoms with Crippen LogP contribution in [-0.4, -0.2) is 32.8 Å². The van der Waals surface area contributed by atoms with Gasteiger partial charge in [-0.05, 0) is 49.1 Å². The van der Waals surface area contributed by atoms with Gasteiger partial charge in [0.15, 0.2) is 0 Å². The van der Waals surface area contributed by atoms with Crippen molar-refractivity contribution in [2.24, 2.45) is 5.14 Å². The Labute approximate surface area is 199 Å². The largest absolute Gasteiger partial charge is 0.344 e. The first-order chi connectivity index (χ1) is 15.6. The van der Waals surface area contributed by atoms with Crippen molar-refractivity contribution in [3.05, 3.63) is 65.9 Å². The summed E-state index contributed by atoms with van der Waals surface area (Å²) in [6.45, 7) is 2.06. The lowest BCUT2D eigenvalue weighted by atomic mass is 10.1. The summed E-state index contributed by atoms with van der Waals surface area (Å²) >= 11 is 0. The van der Waals surface area contributed by atoms with E-state index in [4.69, 9.17) is 5.14 Å². The Balaban J connectivity index is 0.00000324. The Morgan fingerprint density at radius 1 is 1.06 bits per heavy atom. The number of hydrogen-bond acceptors (Lipinski definition) is 8. The van der Waals surface area contributed by atoms with Crippen LogP contribution in [-0.2, 0) is 26.8 Å². The third kappa shape index (κ3) is 6.79. The maximum atomic E-state index is 12.0. The number of rotatable bonds is 9. The van der Waals surface area contributed by atoms with Crippen LogP contribution < -0.4 is 26.1 Å². The average molecular weight is 506 g/mol. The van der Waals surface area contributed by atoms with Gasteiger partial charge in [0, 0.05) is 30.0 Å². The molecule has 1 heterocycles. The van der Waals surface area contributed by atoms with Crippen molar-refractivity contribution >= 4 is 31.9 Å². The first-order valence-electron chi connectivity index (χ1n) is 10.2. The quantitative estimate of drug-likeness (QED) is 0.292. The van der Waals surface area contributed by atoms with E-state index >= 15 is 0 Å². The van der Waals surface area contributed by atoms with Crippen molar-refractivity contribution in [1.82, 2.24) is 25.6 Å². The van der Waals surface area contributed by atoms with Crippen LogP contribution in [0.2, 0.25) is 0 Å². The Morgan fingerprint density at radius 3 is 2.41 bits per heavy atom. The van der Waals surface area contributed by atoms with Gasteiger partial charge in [-0.25, -0.2) is 23.5 Å². The zero-order valence-corrected chi connectivity index (χ0v) is 20.2. The predicted octanol–water partition coefficient (Wildman–Crippen LogP) is 2.09. The molecule has 1 aliphatic carbocycles. The van der Waals surface area contributed by atoms with Crippen molar-refractivity contribution in [1.29, 1.82) is 0 Å². The summed E-state index contributed by atoms with van der Waals surface area (Å²) in [6.07, 6.45) is 3.42. The number of benzene rings is 2. The molecule has 4 rings (SSSR count). The van der Waals surface area contributed by atoms with E-state index < -0.39 is 20.2 Å². The van der Waals surface area contributed by atoms with Crippen LogP contribution >= 0.6 is 0 Å². The fraction of sp³-hybridized carbons (Fsp3) is 0.238. The minimum absolute atomic E-state index is 0.